The van der Waals surface area contributed by atoms with E-state index in [9.17, 15) is 9.59 Å². The SMILES string of the molecule is CNC(=O)[C@]1(C)CN(C(=O)CCc2cnn(C)c2C)CCO1. The van der Waals surface area contributed by atoms with Crippen molar-refractivity contribution < 1.29 is 14.3 Å². The minimum atomic E-state index is -0.965. The zero-order valence-electron chi connectivity index (χ0n) is 13.7. The van der Waals surface area contributed by atoms with Crippen LogP contribution < -0.4 is 5.32 Å². The molecule has 0 unspecified atom stereocenters. The number of morpholine rings is 1. The van der Waals surface area contributed by atoms with Gasteiger partial charge >= 0.3 is 0 Å². The van der Waals surface area contributed by atoms with Gasteiger partial charge in [-0.05, 0) is 25.8 Å². The van der Waals surface area contributed by atoms with E-state index in [2.05, 4.69) is 10.4 Å². The second-order valence-electron chi connectivity index (χ2n) is 5.85. The van der Waals surface area contributed by atoms with Crippen LogP contribution in [0, 0.1) is 6.92 Å². The van der Waals surface area contributed by atoms with Gasteiger partial charge in [-0.15, -0.1) is 0 Å². The van der Waals surface area contributed by atoms with Crippen LogP contribution in [0.25, 0.3) is 0 Å². The molecular formula is C15H24N4O3. The average Bonchev–Trinajstić information content (AvgIpc) is 2.83. The highest BCUT2D eigenvalue weighted by Crippen LogP contribution is 2.19. The predicted molar refractivity (Wildman–Crippen MR) is 81.3 cm³/mol. The van der Waals surface area contributed by atoms with E-state index in [0.717, 1.165) is 11.3 Å². The first-order valence-electron chi connectivity index (χ1n) is 7.49. The van der Waals surface area contributed by atoms with Crippen LogP contribution in [0.4, 0.5) is 0 Å². The summed E-state index contributed by atoms with van der Waals surface area (Å²) in [7, 11) is 3.46. The highest BCUT2D eigenvalue weighted by molar-refractivity contribution is 5.86. The summed E-state index contributed by atoms with van der Waals surface area (Å²) in [5.74, 6) is -0.158. The summed E-state index contributed by atoms with van der Waals surface area (Å²) in [6.07, 6.45) is 2.87. The Hall–Kier alpha value is -1.89. The van der Waals surface area contributed by atoms with Crippen LogP contribution >= 0.6 is 0 Å². The van der Waals surface area contributed by atoms with E-state index in [-0.39, 0.29) is 18.4 Å². The molecule has 22 heavy (non-hydrogen) atoms. The Bertz CT molecular complexity index is 569. The first-order chi connectivity index (χ1) is 10.4. The molecule has 1 aliphatic heterocycles. The molecule has 7 heteroatoms. The molecule has 1 N–H and O–H groups in total. The van der Waals surface area contributed by atoms with Crippen molar-refractivity contribution >= 4 is 11.8 Å². The fourth-order valence-corrected chi connectivity index (χ4v) is 2.67. The number of rotatable bonds is 4. The van der Waals surface area contributed by atoms with E-state index in [1.807, 2.05) is 14.0 Å². The van der Waals surface area contributed by atoms with E-state index in [1.54, 1.807) is 29.7 Å². The van der Waals surface area contributed by atoms with Gasteiger partial charge in [-0.1, -0.05) is 0 Å². The van der Waals surface area contributed by atoms with Gasteiger partial charge in [-0.25, -0.2) is 0 Å². The summed E-state index contributed by atoms with van der Waals surface area (Å²) in [6, 6.07) is 0. The lowest BCUT2D eigenvalue weighted by atomic mass is 10.0. The van der Waals surface area contributed by atoms with E-state index < -0.39 is 5.60 Å². The number of hydrogen-bond acceptors (Lipinski definition) is 4. The van der Waals surface area contributed by atoms with Crippen molar-refractivity contribution in [2.24, 2.45) is 7.05 Å². The van der Waals surface area contributed by atoms with Gasteiger partial charge in [-0.3, -0.25) is 14.3 Å². The molecular weight excluding hydrogens is 284 g/mol. The summed E-state index contributed by atoms with van der Waals surface area (Å²) in [4.78, 5) is 26.0. The largest absolute Gasteiger partial charge is 0.362 e. The van der Waals surface area contributed by atoms with Gasteiger partial charge in [0.1, 0.15) is 0 Å². The standard InChI is InChI=1S/C15H24N4O3/c1-11-12(9-17-18(11)4)5-6-13(20)19-7-8-22-15(2,10-19)14(21)16-3/h9H,5-8,10H2,1-4H3,(H,16,21)/t15-/m0/s1. The molecule has 2 heterocycles. The van der Waals surface area contributed by atoms with Crippen molar-refractivity contribution in [3.63, 3.8) is 0 Å². The van der Waals surface area contributed by atoms with Crippen LogP contribution in [0.5, 0.6) is 0 Å². The normalized spacial score (nSPS) is 21.7. The molecule has 0 bridgehead atoms. The van der Waals surface area contributed by atoms with Gasteiger partial charge in [0.15, 0.2) is 5.60 Å². The maximum atomic E-state index is 12.4. The van der Waals surface area contributed by atoms with E-state index in [1.165, 1.54) is 0 Å². The molecule has 1 saturated heterocycles. The number of carbonyl (C=O) groups is 2. The first kappa shape index (κ1) is 16.5. The Morgan fingerprint density at radius 2 is 2.23 bits per heavy atom. The average molecular weight is 308 g/mol. The third kappa shape index (κ3) is 3.30. The molecule has 0 spiro atoms. The van der Waals surface area contributed by atoms with Crippen molar-refractivity contribution in [1.29, 1.82) is 0 Å². The number of nitrogens with one attached hydrogen (secondary N) is 1. The molecule has 2 rings (SSSR count). The number of amides is 2. The molecule has 0 saturated carbocycles. The smallest absolute Gasteiger partial charge is 0.253 e. The third-order valence-electron chi connectivity index (χ3n) is 4.28. The van der Waals surface area contributed by atoms with Crippen molar-refractivity contribution in [3.05, 3.63) is 17.5 Å². The lowest BCUT2D eigenvalue weighted by molar-refractivity contribution is -0.162. The molecule has 0 radical (unpaired) electrons. The number of carbonyl (C=O) groups excluding carboxylic acids is 2. The number of likely N-dealkylation sites (N-methyl/N-ethyl adjacent to an activating group) is 1. The van der Waals surface area contributed by atoms with E-state index >= 15 is 0 Å². The molecule has 1 atom stereocenters. The van der Waals surface area contributed by atoms with E-state index in [4.69, 9.17) is 4.74 Å². The summed E-state index contributed by atoms with van der Waals surface area (Å²) in [5.41, 5.74) is 1.19. The third-order valence-corrected chi connectivity index (χ3v) is 4.28. The second kappa shape index (κ2) is 6.48. The highest BCUT2D eigenvalue weighted by atomic mass is 16.5. The summed E-state index contributed by atoms with van der Waals surface area (Å²) >= 11 is 0. The lowest BCUT2D eigenvalue weighted by Crippen LogP contribution is -2.58. The number of hydrogen-bond donors (Lipinski definition) is 1. The summed E-state index contributed by atoms with van der Waals surface area (Å²) in [6.45, 7) is 4.90. The molecule has 1 fully saturated rings. The highest BCUT2D eigenvalue weighted by Gasteiger charge is 2.39. The lowest BCUT2D eigenvalue weighted by Gasteiger charge is -2.39. The minimum Gasteiger partial charge on any atom is -0.362 e. The number of ether oxygens (including phenoxy) is 1. The van der Waals surface area contributed by atoms with Crippen molar-refractivity contribution in [2.75, 3.05) is 26.7 Å². The molecule has 0 aromatic carbocycles. The molecule has 1 aromatic rings. The number of nitrogens with zero attached hydrogens (tertiary/aromatic N) is 3. The molecule has 1 aliphatic rings. The Kier molecular flexibility index (Phi) is 4.85. The van der Waals surface area contributed by atoms with Crippen molar-refractivity contribution in [1.82, 2.24) is 20.0 Å². The number of aryl methyl sites for hydroxylation is 2. The number of aromatic nitrogens is 2. The van der Waals surface area contributed by atoms with Gasteiger partial charge < -0.3 is 15.0 Å². The van der Waals surface area contributed by atoms with Crippen LogP contribution in [-0.2, 0) is 27.8 Å². The predicted octanol–water partition coefficient (Wildman–Crippen LogP) is 0.0246. The van der Waals surface area contributed by atoms with Crippen LogP contribution in [0.15, 0.2) is 6.20 Å². The van der Waals surface area contributed by atoms with E-state index in [0.29, 0.717) is 26.0 Å². The molecule has 122 valence electrons. The minimum absolute atomic E-state index is 0.0432. The van der Waals surface area contributed by atoms with Crippen LogP contribution in [-0.4, -0.2) is 58.8 Å². The Balaban J connectivity index is 1.95. The Morgan fingerprint density at radius 1 is 1.50 bits per heavy atom. The zero-order valence-corrected chi connectivity index (χ0v) is 13.7. The van der Waals surface area contributed by atoms with Crippen LogP contribution in [0.3, 0.4) is 0 Å². The molecule has 0 aliphatic carbocycles. The van der Waals surface area contributed by atoms with Gasteiger partial charge in [0.2, 0.25) is 5.91 Å². The van der Waals surface area contributed by atoms with Gasteiger partial charge in [0, 0.05) is 32.8 Å². The molecule has 7 nitrogen and oxygen atoms in total. The molecule has 2 amide bonds. The molecule has 1 aromatic heterocycles. The maximum Gasteiger partial charge on any atom is 0.253 e. The van der Waals surface area contributed by atoms with Crippen LogP contribution in [0.2, 0.25) is 0 Å². The van der Waals surface area contributed by atoms with Gasteiger partial charge in [-0.2, -0.15) is 5.10 Å². The second-order valence-corrected chi connectivity index (χ2v) is 5.85. The maximum absolute atomic E-state index is 12.4. The first-order valence-corrected chi connectivity index (χ1v) is 7.49. The Labute approximate surface area is 130 Å². The summed E-state index contributed by atoms with van der Waals surface area (Å²) in [5, 5.41) is 6.77. The van der Waals surface area contributed by atoms with Crippen molar-refractivity contribution in [2.45, 2.75) is 32.3 Å². The fourth-order valence-electron chi connectivity index (χ4n) is 2.67. The zero-order chi connectivity index (χ0) is 16.3. The van der Waals surface area contributed by atoms with Crippen molar-refractivity contribution in [3.8, 4) is 0 Å². The summed E-state index contributed by atoms with van der Waals surface area (Å²) < 4.78 is 7.37. The van der Waals surface area contributed by atoms with Crippen LogP contribution in [0.1, 0.15) is 24.6 Å². The fraction of sp³-hybridized carbons (Fsp3) is 0.667. The Morgan fingerprint density at radius 3 is 2.82 bits per heavy atom. The van der Waals surface area contributed by atoms with Gasteiger partial charge in [0.05, 0.1) is 19.3 Å². The quantitative estimate of drug-likeness (QED) is 0.851. The topological polar surface area (TPSA) is 76.5 Å². The monoisotopic (exact) mass is 308 g/mol. The van der Waals surface area contributed by atoms with Gasteiger partial charge in [0.25, 0.3) is 5.91 Å².